The molecule has 2 heterocycles. The summed E-state index contributed by atoms with van der Waals surface area (Å²) in [5.74, 6) is 0.194. The number of Topliss-reactive ketones (excluding diaryl/α,β-unsaturated/α-hetero) is 1. The first-order valence-electron chi connectivity index (χ1n) is 8.14. The molecule has 0 bridgehead atoms. The summed E-state index contributed by atoms with van der Waals surface area (Å²) in [6, 6.07) is 9.17. The third-order valence-electron chi connectivity index (χ3n) is 4.22. The molecule has 0 aliphatic heterocycles. The molecule has 1 aromatic carbocycles. The summed E-state index contributed by atoms with van der Waals surface area (Å²) in [6.45, 7) is 5.54. The maximum atomic E-state index is 12.7. The van der Waals surface area contributed by atoms with Crippen molar-refractivity contribution in [2.24, 2.45) is 0 Å². The van der Waals surface area contributed by atoms with Gasteiger partial charge in [-0.2, -0.15) is 5.10 Å². The van der Waals surface area contributed by atoms with E-state index in [0.717, 1.165) is 5.56 Å². The number of carbonyl (C=O) groups excluding carboxylic acids is 2. The Hall–Kier alpha value is -2.86. The van der Waals surface area contributed by atoms with Crippen molar-refractivity contribution in [2.75, 3.05) is 5.32 Å². The van der Waals surface area contributed by atoms with Gasteiger partial charge in [0.1, 0.15) is 11.5 Å². The predicted molar refractivity (Wildman–Crippen MR) is 101 cm³/mol. The van der Waals surface area contributed by atoms with E-state index in [-0.39, 0.29) is 11.7 Å². The van der Waals surface area contributed by atoms with E-state index >= 15 is 0 Å². The fourth-order valence-electron chi connectivity index (χ4n) is 3.01. The molecule has 1 amide bonds. The first-order chi connectivity index (χ1) is 12.4. The van der Waals surface area contributed by atoms with Crippen LogP contribution in [0.4, 0.5) is 5.82 Å². The SMILES string of the molecule is CC(=O)c1c(C)[nH]c(C(=O)Nc2ccnn2Cc2ccc(Cl)cc2)c1C. The van der Waals surface area contributed by atoms with Crippen LogP contribution in [0.15, 0.2) is 36.5 Å². The lowest BCUT2D eigenvalue weighted by Crippen LogP contribution is -2.17. The molecule has 0 fully saturated rings. The van der Waals surface area contributed by atoms with Gasteiger partial charge in [-0.15, -0.1) is 0 Å². The van der Waals surface area contributed by atoms with Gasteiger partial charge in [-0.25, -0.2) is 4.68 Å². The lowest BCUT2D eigenvalue weighted by molar-refractivity contribution is 0.101. The van der Waals surface area contributed by atoms with E-state index < -0.39 is 0 Å². The summed E-state index contributed by atoms with van der Waals surface area (Å²) in [7, 11) is 0. The van der Waals surface area contributed by atoms with Gasteiger partial charge in [0.15, 0.2) is 5.78 Å². The molecule has 0 unspecified atom stereocenters. The maximum absolute atomic E-state index is 12.7. The maximum Gasteiger partial charge on any atom is 0.273 e. The number of aryl methyl sites for hydroxylation is 1. The van der Waals surface area contributed by atoms with Crippen molar-refractivity contribution < 1.29 is 9.59 Å². The van der Waals surface area contributed by atoms with E-state index in [9.17, 15) is 9.59 Å². The topological polar surface area (TPSA) is 79.8 Å². The van der Waals surface area contributed by atoms with Gasteiger partial charge in [0, 0.05) is 22.3 Å². The van der Waals surface area contributed by atoms with Crippen LogP contribution >= 0.6 is 11.6 Å². The van der Waals surface area contributed by atoms with Crippen LogP contribution in [0, 0.1) is 13.8 Å². The Labute approximate surface area is 156 Å². The van der Waals surface area contributed by atoms with Gasteiger partial charge in [0.25, 0.3) is 5.91 Å². The van der Waals surface area contributed by atoms with Crippen LogP contribution in [0.25, 0.3) is 0 Å². The number of H-pyrrole nitrogens is 1. The summed E-state index contributed by atoms with van der Waals surface area (Å²) in [4.78, 5) is 27.4. The van der Waals surface area contributed by atoms with Gasteiger partial charge in [-0.1, -0.05) is 23.7 Å². The summed E-state index contributed by atoms with van der Waals surface area (Å²) in [5, 5.41) is 7.78. The first-order valence-corrected chi connectivity index (χ1v) is 8.52. The number of hydrogen-bond acceptors (Lipinski definition) is 3. The minimum Gasteiger partial charge on any atom is -0.354 e. The second kappa shape index (κ2) is 7.17. The van der Waals surface area contributed by atoms with Crippen LogP contribution in [-0.2, 0) is 6.54 Å². The molecular formula is C19H19ClN4O2. The van der Waals surface area contributed by atoms with Gasteiger partial charge in [-0.3, -0.25) is 9.59 Å². The van der Waals surface area contributed by atoms with Crippen molar-refractivity contribution >= 4 is 29.1 Å². The molecule has 0 saturated heterocycles. The smallest absolute Gasteiger partial charge is 0.273 e. The molecule has 0 aliphatic carbocycles. The third-order valence-corrected chi connectivity index (χ3v) is 4.47. The van der Waals surface area contributed by atoms with E-state index in [1.807, 2.05) is 24.3 Å². The summed E-state index contributed by atoms with van der Waals surface area (Å²) in [5.41, 5.74) is 3.29. The van der Waals surface area contributed by atoms with Gasteiger partial charge in [0.2, 0.25) is 0 Å². The van der Waals surface area contributed by atoms with E-state index in [2.05, 4.69) is 15.4 Å². The molecule has 0 aliphatic rings. The van der Waals surface area contributed by atoms with Gasteiger partial charge >= 0.3 is 0 Å². The summed E-state index contributed by atoms with van der Waals surface area (Å²) < 4.78 is 1.69. The molecule has 0 radical (unpaired) electrons. The number of hydrogen-bond donors (Lipinski definition) is 2. The Kier molecular flexibility index (Phi) is 4.95. The normalized spacial score (nSPS) is 10.8. The Bertz CT molecular complexity index is 970. The van der Waals surface area contributed by atoms with Crippen molar-refractivity contribution in [3.05, 3.63) is 69.6 Å². The van der Waals surface area contributed by atoms with Gasteiger partial charge in [0.05, 0.1) is 12.7 Å². The highest BCUT2D eigenvalue weighted by Gasteiger charge is 2.20. The number of carbonyl (C=O) groups is 2. The lowest BCUT2D eigenvalue weighted by atomic mass is 10.1. The number of aromatic amines is 1. The number of ketones is 1. The Morgan fingerprint density at radius 1 is 1.19 bits per heavy atom. The first kappa shape index (κ1) is 17.9. The minimum atomic E-state index is -0.309. The zero-order chi connectivity index (χ0) is 18.8. The standard InChI is InChI=1S/C19H19ClN4O2/c1-11-17(13(3)25)12(2)22-18(11)19(26)23-16-8-9-21-24(16)10-14-4-6-15(20)7-5-14/h4-9,22H,10H2,1-3H3,(H,23,26). The van der Waals surface area contributed by atoms with E-state index in [1.165, 1.54) is 6.92 Å². The number of amides is 1. The number of anilines is 1. The summed E-state index contributed by atoms with van der Waals surface area (Å²) >= 11 is 5.91. The molecule has 0 spiro atoms. The number of nitrogens with one attached hydrogen (secondary N) is 2. The molecule has 2 aromatic heterocycles. The van der Waals surface area contributed by atoms with Crippen LogP contribution in [0.1, 0.15) is 44.6 Å². The Morgan fingerprint density at radius 2 is 1.88 bits per heavy atom. The number of rotatable bonds is 5. The minimum absolute atomic E-state index is 0.0666. The number of halogens is 1. The van der Waals surface area contributed by atoms with Crippen molar-refractivity contribution in [3.63, 3.8) is 0 Å². The van der Waals surface area contributed by atoms with Crippen molar-refractivity contribution in [1.82, 2.24) is 14.8 Å². The van der Waals surface area contributed by atoms with Gasteiger partial charge < -0.3 is 10.3 Å². The average Bonchev–Trinajstić information content (AvgIpc) is 3.13. The second-order valence-electron chi connectivity index (χ2n) is 6.14. The number of aromatic nitrogens is 3. The third kappa shape index (κ3) is 3.55. The molecular weight excluding hydrogens is 352 g/mol. The molecule has 7 heteroatoms. The molecule has 26 heavy (non-hydrogen) atoms. The molecule has 2 N–H and O–H groups in total. The molecule has 0 atom stereocenters. The second-order valence-corrected chi connectivity index (χ2v) is 6.57. The fourth-order valence-corrected chi connectivity index (χ4v) is 3.14. The lowest BCUT2D eigenvalue weighted by Gasteiger charge is -2.09. The summed E-state index contributed by atoms with van der Waals surface area (Å²) in [6.07, 6.45) is 1.62. The van der Waals surface area contributed by atoms with Crippen molar-refractivity contribution in [3.8, 4) is 0 Å². The van der Waals surface area contributed by atoms with Crippen LogP contribution in [0.3, 0.4) is 0 Å². The predicted octanol–water partition coefficient (Wildman–Crippen LogP) is 3.98. The van der Waals surface area contributed by atoms with Crippen LogP contribution < -0.4 is 5.32 Å². The van der Waals surface area contributed by atoms with Crippen LogP contribution in [0.2, 0.25) is 5.02 Å². The highest BCUT2D eigenvalue weighted by atomic mass is 35.5. The Morgan fingerprint density at radius 3 is 2.50 bits per heavy atom. The molecule has 134 valence electrons. The van der Waals surface area contributed by atoms with Crippen LogP contribution in [0.5, 0.6) is 0 Å². The number of nitrogens with zero attached hydrogens (tertiary/aromatic N) is 2. The largest absolute Gasteiger partial charge is 0.354 e. The average molecular weight is 371 g/mol. The Balaban J connectivity index is 1.81. The number of benzene rings is 1. The van der Waals surface area contributed by atoms with Crippen LogP contribution in [-0.4, -0.2) is 26.5 Å². The monoisotopic (exact) mass is 370 g/mol. The zero-order valence-electron chi connectivity index (χ0n) is 14.8. The van der Waals surface area contributed by atoms with E-state index in [0.29, 0.717) is 39.9 Å². The highest BCUT2D eigenvalue weighted by Crippen LogP contribution is 2.20. The highest BCUT2D eigenvalue weighted by molar-refractivity contribution is 6.30. The zero-order valence-corrected chi connectivity index (χ0v) is 15.5. The molecule has 3 aromatic rings. The van der Waals surface area contributed by atoms with E-state index in [4.69, 9.17) is 11.6 Å². The fraction of sp³-hybridized carbons (Fsp3) is 0.211. The van der Waals surface area contributed by atoms with E-state index in [1.54, 1.807) is 30.8 Å². The van der Waals surface area contributed by atoms with Crippen molar-refractivity contribution in [1.29, 1.82) is 0 Å². The van der Waals surface area contributed by atoms with Crippen molar-refractivity contribution in [2.45, 2.75) is 27.3 Å². The molecule has 0 saturated carbocycles. The molecule has 3 rings (SSSR count). The van der Waals surface area contributed by atoms with Gasteiger partial charge in [-0.05, 0) is 44.0 Å². The quantitative estimate of drug-likeness (QED) is 0.666. The molecule has 6 nitrogen and oxygen atoms in total.